The zero-order valence-electron chi connectivity index (χ0n) is 7.36. The number of hydrogen-bond acceptors (Lipinski definition) is 5. The predicted octanol–water partition coefficient (Wildman–Crippen LogP) is 0.383. The Kier molecular flexibility index (Phi) is 2.23. The van der Waals surface area contributed by atoms with Crippen molar-refractivity contribution in [1.29, 1.82) is 0 Å². The van der Waals surface area contributed by atoms with Gasteiger partial charge in [-0.1, -0.05) is 0 Å². The lowest BCUT2D eigenvalue weighted by Gasteiger charge is -2.35. The van der Waals surface area contributed by atoms with E-state index in [4.69, 9.17) is 10.5 Å². The molecule has 4 nitrogen and oxygen atoms in total. The van der Waals surface area contributed by atoms with Gasteiger partial charge in [-0.15, -0.1) is 11.8 Å². The van der Waals surface area contributed by atoms with Crippen LogP contribution in [0.4, 0.5) is 0 Å². The van der Waals surface area contributed by atoms with Gasteiger partial charge in [-0.3, -0.25) is 0 Å². The van der Waals surface area contributed by atoms with Crippen LogP contribution in [0.3, 0.4) is 0 Å². The maximum Gasteiger partial charge on any atom is 0.154 e. The minimum Gasteiger partial charge on any atom is -0.376 e. The molecule has 0 unspecified atom stereocenters. The second-order valence-electron chi connectivity index (χ2n) is 3.07. The maximum absolute atomic E-state index is 5.99. The molecule has 0 amide bonds. The third kappa shape index (κ3) is 1.54. The van der Waals surface area contributed by atoms with Crippen LogP contribution in [0.1, 0.15) is 5.82 Å². The Balaban J connectivity index is 2.29. The second-order valence-corrected chi connectivity index (χ2v) is 3.90. The second kappa shape index (κ2) is 3.25. The van der Waals surface area contributed by atoms with Crippen LogP contribution in [0.15, 0.2) is 17.3 Å². The summed E-state index contributed by atoms with van der Waals surface area (Å²) < 4.78 is 5.05. The quantitative estimate of drug-likeness (QED) is 0.548. The average molecular weight is 197 g/mol. The number of nitrogens with zero attached hydrogens (tertiary/aromatic N) is 2. The molecule has 2 rings (SSSR count). The lowest BCUT2D eigenvalue weighted by Crippen LogP contribution is -2.55. The largest absolute Gasteiger partial charge is 0.376 e. The van der Waals surface area contributed by atoms with E-state index in [0.717, 1.165) is 5.03 Å². The lowest BCUT2D eigenvalue weighted by molar-refractivity contribution is -0.0616. The first-order chi connectivity index (χ1) is 6.24. The SMILES string of the molecule is CSc1ccnc(C2(N)COC2)n1. The molecule has 13 heavy (non-hydrogen) atoms. The van der Waals surface area contributed by atoms with E-state index in [1.807, 2.05) is 12.3 Å². The molecule has 5 heteroatoms. The molecule has 2 heterocycles. The number of ether oxygens (including phenoxy) is 1. The monoisotopic (exact) mass is 197 g/mol. The summed E-state index contributed by atoms with van der Waals surface area (Å²) >= 11 is 1.59. The van der Waals surface area contributed by atoms with Crippen molar-refractivity contribution in [1.82, 2.24) is 9.97 Å². The predicted molar refractivity (Wildman–Crippen MR) is 50.5 cm³/mol. The summed E-state index contributed by atoms with van der Waals surface area (Å²) in [6.07, 6.45) is 3.72. The number of rotatable bonds is 2. The van der Waals surface area contributed by atoms with Crippen molar-refractivity contribution in [3.05, 3.63) is 18.1 Å². The van der Waals surface area contributed by atoms with E-state index < -0.39 is 5.54 Å². The molecule has 0 saturated carbocycles. The van der Waals surface area contributed by atoms with E-state index in [1.54, 1.807) is 18.0 Å². The van der Waals surface area contributed by atoms with Gasteiger partial charge in [0.05, 0.1) is 18.2 Å². The first kappa shape index (κ1) is 8.93. The fourth-order valence-corrected chi connectivity index (χ4v) is 1.52. The van der Waals surface area contributed by atoms with Crippen LogP contribution in [0.2, 0.25) is 0 Å². The van der Waals surface area contributed by atoms with Gasteiger partial charge in [0.25, 0.3) is 0 Å². The third-order valence-corrected chi connectivity index (χ3v) is 2.65. The third-order valence-electron chi connectivity index (χ3n) is 2.00. The van der Waals surface area contributed by atoms with E-state index in [9.17, 15) is 0 Å². The fraction of sp³-hybridized carbons (Fsp3) is 0.500. The van der Waals surface area contributed by atoms with Gasteiger partial charge in [-0.05, 0) is 12.3 Å². The Hall–Kier alpha value is -0.650. The number of thioether (sulfide) groups is 1. The molecule has 0 aromatic carbocycles. The summed E-state index contributed by atoms with van der Waals surface area (Å²) in [4.78, 5) is 8.48. The first-order valence-corrected chi connectivity index (χ1v) is 5.21. The minimum atomic E-state index is -0.453. The Bertz CT molecular complexity index is 314. The van der Waals surface area contributed by atoms with E-state index in [1.165, 1.54) is 0 Å². The Morgan fingerprint density at radius 3 is 2.92 bits per heavy atom. The van der Waals surface area contributed by atoms with Crippen LogP contribution in [-0.4, -0.2) is 29.4 Å². The zero-order chi connectivity index (χ0) is 9.31. The van der Waals surface area contributed by atoms with Gasteiger partial charge in [0, 0.05) is 6.20 Å². The van der Waals surface area contributed by atoms with E-state index in [-0.39, 0.29) is 0 Å². The van der Waals surface area contributed by atoms with Crippen molar-refractivity contribution >= 4 is 11.8 Å². The van der Waals surface area contributed by atoms with Crippen molar-refractivity contribution in [2.24, 2.45) is 5.73 Å². The molecule has 0 atom stereocenters. The summed E-state index contributed by atoms with van der Waals surface area (Å²) in [5.41, 5.74) is 5.54. The molecule has 0 aliphatic carbocycles. The normalized spacial score (nSPS) is 19.5. The van der Waals surface area contributed by atoms with Crippen molar-refractivity contribution in [2.45, 2.75) is 10.6 Å². The van der Waals surface area contributed by atoms with Crippen LogP contribution < -0.4 is 5.73 Å². The standard InChI is InChI=1S/C8H11N3OS/c1-13-6-2-3-10-7(11-6)8(9)4-12-5-8/h2-3H,4-5,9H2,1H3. The Morgan fingerprint density at radius 1 is 1.62 bits per heavy atom. The summed E-state index contributed by atoms with van der Waals surface area (Å²) in [7, 11) is 0. The molecule has 1 aliphatic heterocycles. The molecular formula is C8H11N3OS. The van der Waals surface area contributed by atoms with Crippen molar-refractivity contribution in [3.63, 3.8) is 0 Å². The molecule has 70 valence electrons. The van der Waals surface area contributed by atoms with Gasteiger partial charge in [0.2, 0.25) is 0 Å². The summed E-state index contributed by atoms with van der Waals surface area (Å²) in [5, 5.41) is 0.946. The number of nitrogens with two attached hydrogens (primary N) is 1. The topological polar surface area (TPSA) is 61.0 Å². The molecule has 1 aromatic rings. The highest BCUT2D eigenvalue weighted by Crippen LogP contribution is 2.24. The average Bonchev–Trinajstić information content (AvgIpc) is 2.14. The van der Waals surface area contributed by atoms with Gasteiger partial charge in [-0.25, -0.2) is 9.97 Å². The molecule has 1 fully saturated rings. The molecule has 0 bridgehead atoms. The van der Waals surface area contributed by atoms with Crippen LogP contribution in [0.25, 0.3) is 0 Å². The van der Waals surface area contributed by atoms with Crippen LogP contribution in [0.5, 0.6) is 0 Å². The fourth-order valence-electron chi connectivity index (χ4n) is 1.15. The zero-order valence-corrected chi connectivity index (χ0v) is 8.17. The summed E-state index contributed by atoms with van der Waals surface area (Å²) in [6.45, 7) is 1.04. The molecule has 1 saturated heterocycles. The van der Waals surface area contributed by atoms with Crippen LogP contribution in [-0.2, 0) is 10.3 Å². The van der Waals surface area contributed by atoms with E-state index in [0.29, 0.717) is 19.0 Å². The number of hydrogen-bond donors (Lipinski definition) is 1. The molecule has 0 radical (unpaired) electrons. The molecule has 2 N–H and O–H groups in total. The maximum atomic E-state index is 5.99. The van der Waals surface area contributed by atoms with Gasteiger partial charge in [0.1, 0.15) is 5.54 Å². The molecular weight excluding hydrogens is 186 g/mol. The van der Waals surface area contributed by atoms with Gasteiger partial charge in [0.15, 0.2) is 5.82 Å². The summed E-state index contributed by atoms with van der Waals surface area (Å²) in [5.74, 6) is 0.686. The number of aromatic nitrogens is 2. The Labute approximate surface area is 80.9 Å². The molecule has 1 aromatic heterocycles. The van der Waals surface area contributed by atoms with E-state index in [2.05, 4.69) is 9.97 Å². The van der Waals surface area contributed by atoms with Gasteiger partial charge < -0.3 is 10.5 Å². The molecule has 0 spiro atoms. The first-order valence-electron chi connectivity index (χ1n) is 3.99. The van der Waals surface area contributed by atoms with E-state index >= 15 is 0 Å². The summed E-state index contributed by atoms with van der Waals surface area (Å²) in [6, 6.07) is 1.87. The minimum absolute atomic E-state index is 0.453. The van der Waals surface area contributed by atoms with Crippen molar-refractivity contribution in [3.8, 4) is 0 Å². The van der Waals surface area contributed by atoms with Gasteiger partial charge in [-0.2, -0.15) is 0 Å². The highest BCUT2D eigenvalue weighted by atomic mass is 32.2. The van der Waals surface area contributed by atoms with Crippen molar-refractivity contribution < 1.29 is 4.74 Å². The van der Waals surface area contributed by atoms with Crippen LogP contribution in [0, 0.1) is 0 Å². The molecule has 1 aliphatic rings. The highest BCUT2D eigenvalue weighted by molar-refractivity contribution is 7.98. The van der Waals surface area contributed by atoms with Crippen molar-refractivity contribution in [2.75, 3.05) is 19.5 Å². The smallest absolute Gasteiger partial charge is 0.154 e. The lowest BCUT2D eigenvalue weighted by atomic mass is 9.98. The van der Waals surface area contributed by atoms with Crippen LogP contribution >= 0.6 is 11.8 Å². The Morgan fingerprint density at radius 2 is 2.38 bits per heavy atom. The highest BCUT2D eigenvalue weighted by Gasteiger charge is 2.39. The van der Waals surface area contributed by atoms with Gasteiger partial charge >= 0.3 is 0 Å².